The summed E-state index contributed by atoms with van der Waals surface area (Å²) in [5.74, 6) is -0.0782. The van der Waals surface area contributed by atoms with Crippen molar-refractivity contribution < 1.29 is 13.2 Å². The van der Waals surface area contributed by atoms with Crippen LogP contribution in [0.25, 0.3) is 0 Å². The van der Waals surface area contributed by atoms with Crippen LogP contribution in [-0.4, -0.2) is 60.1 Å². The quantitative estimate of drug-likeness (QED) is 0.594. The van der Waals surface area contributed by atoms with Crippen LogP contribution in [0.5, 0.6) is 0 Å². The molecular weight excluding hydrogens is 454 g/mol. The van der Waals surface area contributed by atoms with Crippen molar-refractivity contribution in [1.82, 2.24) is 20.0 Å². The Morgan fingerprint density at radius 3 is 2.90 bits per heavy atom. The van der Waals surface area contributed by atoms with Crippen LogP contribution in [0.1, 0.15) is 12.0 Å². The summed E-state index contributed by atoms with van der Waals surface area (Å²) in [5.41, 5.74) is 1.81. The van der Waals surface area contributed by atoms with Gasteiger partial charge in [-0.15, -0.1) is 5.10 Å². The van der Waals surface area contributed by atoms with Crippen LogP contribution in [-0.2, 0) is 21.3 Å². The average molecular weight is 476 g/mol. The summed E-state index contributed by atoms with van der Waals surface area (Å²) in [5, 5.41) is 11.7. The Labute approximate surface area is 183 Å². The van der Waals surface area contributed by atoms with Gasteiger partial charge in [0.05, 0.1) is 24.7 Å². The Morgan fingerprint density at radius 2 is 2.24 bits per heavy atom. The van der Waals surface area contributed by atoms with E-state index in [-0.39, 0.29) is 30.0 Å². The number of aryl methyl sites for hydroxylation is 1. The Bertz CT molecular complexity index is 1070. The number of nitrogens with zero attached hydrogens (tertiary/aromatic N) is 3. The third kappa shape index (κ3) is 6.22. The topological polar surface area (TPSA) is 96.3 Å². The summed E-state index contributed by atoms with van der Waals surface area (Å²) in [7, 11) is -1.25. The molecule has 1 aromatic carbocycles. The Balaban J connectivity index is 1.55. The first kappa shape index (κ1) is 22.2. The number of hydrogen-bond donors (Lipinski definition) is 2. The maximum Gasteiger partial charge on any atom is 0.234 e. The molecule has 29 heavy (non-hydrogen) atoms. The zero-order valence-corrected chi connectivity index (χ0v) is 19.2. The molecule has 12 heteroatoms. The molecule has 0 saturated carbocycles. The fraction of sp³-hybridized carbons (Fsp3) is 0.471. The summed E-state index contributed by atoms with van der Waals surface area (Å²) >= 11 is 12.8. The molecule has 1 aliphatic rings. The molecule has 158 valence electrons. The van der Waals surface area contributed by atoms with Gasteiger partial charge in [-0.3, -0.25) is 9.69 Å². The number of carbonyl (C=O) groups excluding carboxylic acids is 1. The Hall–Kier alpha value is -1.53. The summed E-state index contributed by atoms with van der Waals surface area (Å²) < 4.78 is 25.2. The number of sulfone groups is 1. The smallest absolute Gasteiger partial charge is 0.234 e. The molecule has 3 rings (SSSR count). The molecule has 0 radical (unpaired) electrons. The van der Waals surface area contributed by atoms with Gasteiger partial charge < -0.3 is 10.6 Å². The molecule has 8 nitrogen and oxygen atoms in total. The van der Waals surface area contributed by atoms with E-state index in [0.717, 1.165) is 11.3 Å². The van der Waals surface area contributed by atoms with Gasteiger partial charge in [-0.05, 0) is 50.3 Å². The molecule has 1 atom stereocenters. The van der Waals surface area contributed by atoms with Crippen LogP contribution in [0.3, 0.4) is 0 Å². The summed E-state index contributed by atoms with van der Waals surface area (Å²) in [6, 6.07) is 5.35. The maximum atomic E-state index is 12.2. The largest absolute Gasteiger partial charge is 0.351 e. The first-order valence-electron chi connectivity index (χ1n) is 8.91. The predicted octanol–water partition coefficient (Wildman–Crippen LogP) is 2.57. The highest BCUT2D eigenvalue weighted by atomic mass is 35.5. The average Bonchev–Trinajstić information content (AvgIpc) is 3.12. The minimum absolute atomic E-state index is 0.0116. The van der Waals surface area contributed by atoms with Gasteiger partial charge in [-0.25, -0.2) is 13.1 Å². The Kier molecular flexibility index (Phi) is 6.94. The summed E-state index contributed by atoms with van der Waals surface area (Å²) in [6.45, 7) is 2.39. The number of anilines is 2. The lowest BCUT2D eigenvalue weighted by molar-refractivity contribution is -0.122. The third-order valence-corrected chi connectivity index (χ3v) is 7.81. The van der Waals surface area contributed by atoms with Gasteiger partial charge in [0.25, 0.3) is 0 Å². The number of aromatic nitrogens is 2. The predicted molar refractivity (Wildman–Crippen MR) is 118 cm³/mol. The number of hydrogen-bond acceptors (Lipinski definition) is 8. The van der Waals surface area contributed by atoms with E-state index in [1.54, 1.807) is 16.6 Å². The van der Waals surface area contributed by atoms with E-state index in [1.165, 1.54) is 11.3 Å². The summed E-state index contributed by atoms with van der Waals surface area (Å²) in [4.78, 5) is 13.9. The fourth-order valence-electron chi connectivity index (χ4n) is 2.95. The number of likely N-dealkylation sites (N-methyl/N-ethyl adjacent to an activating group) is 1. The van der Waals surface area contributed by atoms with Crippen molar-refractivity contribution in [2.75, 3.05) is 30.4 Å². The van der Waals surface area contributed by atoms with Crippen molar-refractivity contribution in [3.05, 3.63) is 32.7 Å². The molecule has 1 aromatic heterocycles. The molecule has 0 aliphatic carbocycles. The lowest BCUT2D eigenvalue weighted by Gasteiger charge is -2.17. The van der Waals surface area contributed by atoms with Crippen LogP contribution < -0.4 is 10.6 Å². The molecular formula is C17H22ClN5O3S3. The zero-order chi connectivity index (χ0) is 21.2. The van der Waals surface area contributed by atoms with E-state index >= 15 is 0 Å². The van der Waals surface area contributed by atoms with Crippen LogP contribution in [0.4, 0.5) is 10.8 Å². The third-order valence-electron chi connectivity index (χ3n) is 4.42. The maximum absolute atomic E-state index is 12.2. The van der Waals surface area contributed by atoms with Gasteiger partial charge in [0.1, 0.15) is 0 Å². The number of nitrogens with one attached hydrogen (secondary N) is 2. The van der Waals surface area contributed by atoms with E-state index in [9.17, 15) is 13.2 Å². The van der Waals surface area contributed by atoms with Gasteiger partial charge >= 0.3 is 0 Å². The number of carbonyl (C=O) groups is 1. The van der Waals surface area contributed by atoms with Crippen LogP contribution >= 0.6 is 35.2 Å². The van der Waals surface area contributed by atoms with Gasteiger partial charge in [0, 0.05) is 16.8 Å². The van der Waals surface area contributed by atoms with Crippen LogP contribution in [0, 0.1) is 10.9 Å². The van der Waals surface area contributed by atoms with E-state index in [1.807, 2.05) is 25.1 Å². The van der Waals surface area contributed by atoms with E-state index in [4.69, 9.17) is 23.8 Å². The standard InChI is InChI=1S/C17H22ClN5O3S3/c1-11-3-4-12(7-14(11)18)20-16-21-23(17(27)28-16)10-22(2)8-15(24)19-13-5-6-29(25,26)9-13/h3-4,7,13H,5-6,8-10H2,1-2H3,(H,19,24)(H,20,21)/t13-/m1/s1. The second-order valence-electron chi connectivity index (χ2n) is 7.08. The van der Waals surface area contributed by atoms with Crippen molar-refractivity contribution in [3.8, 4) is 0 Å². The molecule has 0 spiro atoms. The van der Waals surface area contributed by atoms with Gasteiger partial charge in [0.2, 0.25) is 11.0 Å². The van der Waals surface area contributed by atoms with Gasteiger partial charge in [-0.1, -0.05) is 29.0 Å². The highest BCUT2D eigenvalue weighted by Crippen LogP contribution is 2.25. The monoisotopic (exact) mass is 475 g/mol. The van der Waals surface area contributed by atoms with Crippen LogP contribution in [0.15, 0.2) is 18.2 Å². The van der Waals surface area contributed by atoms with Crippen molar-refractivity contribution in [1.29, 1.82) is 0 Å². The molecule has 2 heterocycles. The molecule has 1 saturated heterocycles. The first-order valence-corrected chi connectivity index (χ1v) is 12.3. The summed E-state index contributed by atoms with van der Waals surface area (Å²) in [6.07, 6.45) is 0.465. The highest BCUT2D eigenvalue weighted by Gasteiger charge is 2.29. The molecule has 1 aliphatic heterocycles. The second kappa shape index (κ2) is 9.09. The fourth-order valence-corrected chi connectivity index (χ4v) is 5.81. The minimum atomic E-state index is -3.02. The number of rotatable bonds is 7. The molecule has 0 bridgehead atoms. The van der Waals surface area contributed by atoms with Gasteiger partial charge in [-0.2, -0.15) is 0 Å². The second-order valence-corrected chi connectivity index (χ2v) is 11.3. The van der Waals surface area contributed by atoms with Crippen molar-refractivity contribution in [2.45, 2.75) is 26.1 Å². The van der Waals surface area contributed by atoms with Crippen molar-refractivity contribution in [2.24, 2.45) is 0 Å². The molecule has 0 unspecified atom stereocenters. The lowest BCUT2D eigenvalue weighted by Crippen LogP contribution is -2.42. The highest BCUT2D eigenvalue weighted by molar-refractivity contribution is 7.91. The normalized spacial score (nSPS) is 18.1. The van der Waals surface area contributed by atoms with Crippen molar-refractivity contribution in [3.63, 3.8) is 0 Å². The number of halogens is 1. The Morgan fingerprint density at radius 1 is 1.48 bits per heavy atom. The van der Waals surface area contributed by atoms with Crippen molar-refractivity contribution >= 4 is 61.7 Å². The van der Waals surface area contributed by atoms with Crippen LogP contribution in [0.2, 0.25) is 5.02 Å². The number of benzene rings is 1. The molecule has 2 aromatic rings. The first-order chi connectivity index (χ1) is 13.6. The van der Waals surface area contributed by atoms with E-state index in [2.05, 4.69) is 15.7 Å². The molecule has 1 amide bonds. The SMILES string of the molecule is Cc1ccc(Nc2nn(CN(C)CC(=O)N[C@@H]3CCS(=O)(=O)C3)c(=S)s2)cc1Cl. The lowest BCUT2D eigenvalue weighted by atomic mass is 10.2. The van der Waals surface area contributed by atoms with E-state index < -0.39 is 9.84 Å². The van der Waals surface area contributed by atoms with Gasteiger partial charge in [0.15, 0.2) is 13.8 Å². The zero-order valence-electron chi connectivity index (χ0n) is 16.0. The van der Waals surface area contributed by atoms with E-state index in [0.29, 0.717) is 27.2 Å². The number of amides is 1. The minimum Gasteiger partial charge on any atom is -0.351 e. The molecule has 2 N–H and O–H groups in total. The molecule has 1 fully saturated rings.